The standard InChI is InChI=1S/C12H16Br2OS/c1-12(5-3-2-4-6-12)10(15)8-7-9(13)16-11(8)14/h7,10,15H,2-6H2,1H3. The third-order valence-electron chi connectivity index (χ3n) is 3.63. The van der Waals surface area contributed by atoms with E-state index in [1.807, 2.05) is 6.07 Å². The molecule has 1 fully saturated rings. The van der Waals surface area contributed by atoms with Crippen molar-refractivity contribution in [3.05, 3.63) is 19.2 Å². The van der Waals surface area contributed by atoms with Crippen LogP contribution in [0.4, 0.5) is 0 Å². The maximum absolute atomic E-state index is 10.6. The van der Waals surface area contributed by atoms with Crippen LogP contribution in [-0.4, -0.2) is 5.11 Å². The minimum absolute atomic E-state index is 0.0568. The van der Waals surface area contributed by atoms with Crippen LogP contribution in [0.2, 0.25) is 0 Å². The normalized spacial score (nSPS) is 22.0. The Bertz CT molecular complexity index is 369. The molecule has 0 aliphatic heterocycles. The predicted octanol–water partition coefficient (Wildman–Crippen LogP) is 5.28. The third-order valence-corrected chi connectivity index (χ3v) is 6.02. The van der Waals surface area contributed by atoms with Crippen molar-refractivity contribution in [2.24, 2.45) is 5.41 Å². The maximum Gasteiger partial charge on any atom is 0.0863 e. The van der Waals surface area contributed by atoms with Crippen LogP contribution in [0.5, 0.6) is 0 Å². The van der Waals surface area contributed by atoms with Crippen molar-refractivity contribution in [2.45, 2.75) is 45.1 Å². The van der Waals surface area contributed by atoms with Gasteiger partial charge in [0, 0.05) is 5.56 Å². The largest absolute Gasteiger partial charge is 0.388 e. The molecule has 1 atom stereocenters. The molecular formula is C12H16Br2OS. The van der Waals surface area contributed by atoms with Crippen LogP contribution in [0.25, 0.3) is 0 Å². The molecule has 1 N–H and O–H groups in total. The van der Waals surface area contributed by atoms with Gasteiger partial charge in [-0.1, -0.05) is 26.2 Å². The minimum atomic E-state index is -0.343. The molecule has 1 heterocycles. The molecule has 1 aliphatic rings. The maximum atomic E-state index is 10.6. The lowest BCUT2D eigenvalue weighted by Crippen LogP contribution is -2.28. The summed E-state index contributed by atoms with van der Waals surface area (Å²) in [5.41, 5.74) is 1.10. The molecule has 1 aromatic rings. The van der Waals surface area contributed by atoms with Crippen molar-refractivity contribution in [1.29, 1.82) is 0 Å². The Morgan fingerprint density at radius 1 is 1.31 bits per heavy atom. The highest BCUT2D eigenvalue weighted by Gasteiger charge is 2.36. The lowest BCUT2D eigenvalue weighted by atomic mass is 9.70. The molecular weight excluding hydrogens is 352 g/mol. The van der Waals surface area contributed by atoms with E-state index in [-0.39, 0.29) is 11.5 Å². The zero-order valence-corrected chi connectivity index (χ0v) is 13.3. The fourth-order valence-electron chi connectivity index (χ4n) is 2.55. The number of hydrogen-bond donors (Lipinski definition) is 1. The first kappa shape index (κ1) is 13.1. The van der Waals surface area contributed by atoms with Crippen LogP contribution in [0, 0.1) is 5.41 Å². The molecule has 1 unspecified atom stereocenters. The van der Waals surface area contributed by atoms with Crippen LogP contribution in [0.15, 0.2) is 13.6 Å². The van der Waals surface area contributed by atoms with E-state index in [0.717, 1.165) is 26.0 Å². The smallest absolute Gasteiger partial charge is 0.0863 e. The van der Waals surface area contributed by atoms with Gasteiger partial charge in [-0.3, -0.25) is 0 Å². The lowest BCUT2D eigenvalue weighted by molar-refractivity contribution is 0.00802. The number of aliphatic hydroxyl groups is 1. The molecule has 0 bridgehead atoms. The van der Waals surface area contributed by atoms with Gasteiger partial charge >= 0.3 is 0 Å². The molecule has 16 heavy (non-hydrogen) atoms. The van der Waals surface area contributed by atoms with E-state index in [1.54, 1.807) is 11.3 Å². The summed E-state index contributed by atoms with van der Waals surface area (Å²) in [5.74, 6) is 0. The molecule has 0 radical (unpaired) electrons. The van der Waals surface area contributed by atoms with Crippen molar-refractivity contribution in [3.63, 3.8) is 0 Å². The molecule has 1 aromatic heterocycles. The highest BCUT2D eigenvalue weighted by Crippen LogP contribution is 2.49. The molecule has 4 heteroatoms. The molecule has 2 rings (SSSR count). The van der Waals surface area contributed by atoms with Crippen molar-refractivity contribution >= 4 is 43.2 Å². The summed E-state index contributed by atoms with van der Waals surface area (Å²) < 4.78 is 2.13. The van der Waals surface area contributed by atoms with Gasteiger partial charge in [0.1, 0.15) is 0 Å². The van der Waals surface area contributed by atoms with Gasteiger partial charge < -0.3 is 5.11 Å². The monoisotopic (exact) mass is 366 g/mol. The number of hydrogen-bond acceptors (Lipinski definition) is 2. The van der Waals surface area contributed by atoms with E-state index < -0.39 is 0 Å². The van der Waals surface area contributed by atoms with E-state index >= 15 is 0 Å². The number of halogens is 2. The molecule has 0 saturated heterocycles. The Hall–Kier alpha value is 0.620. The van der Waals surface area contributed by atoms with E-state index in [0.29, 0.717) is 0 Å². The molecule has 0 amide bonds. The zero-order chi connectivity index (χ0) is 11.8. The summed E-state index contributed by atoms with van der Waals surface area (Å²) in [6, 6.07) is 2.04. The zero-order valence-electron chi connectivity index (χ0n) is 9.30. The molecule has 0 aromatic carbocycles. The van der Waals surface area contributed by atoms with Gasteiger partial charge in [-0.25, -0.2) is 0 Å². The first-order chi connectivity index (χ1) is 7.53. The summed E-state index contributed by atoms with van der Waals surface area (Å²) in [6.45, 7) is 2.22. The second kappa shape index (κ2) is 5.09. The van der Waals surface area contributed by atoms with E-state index in [1.165, 1.54) is 19.3 Å². The van der Waals surface area contributed by atoms with Gasteiger partial charge in [-0.05, 0) is 56.2 Å². The highest BCUT2D eigenvalue weighted by atomic mass is 79.9. The Labute approximate surface area is 118 Å². The van der Waals surface area contributed by atoms with E-state index in [4.69, 9.17) is 0 Å². The summed E-state index contributed by atoms with van der Waals surface area (Å²) in [5, 5.41) is 10.6. The molecule has 90 valence electrons. The van der Waals surface area contributed by atoms with Gasteiger partial charge in [-0.15, -0.1) is 11.3 Å². The van der Waals surface area contributed by atoms with Crippen molar-refractivity contribution in [3.8, 4) is 0 Å². The summed E-state index contributed by atoms with van der Waals surface area (Å²) in [4.78, 5) is 0. The Balaban J connectivity index is 2.23. The minimum Gasteiger partial charge on any atom is -0.388 e. The number of aliphatic hydroxyl groups excluding tert-OH is 1. The summed E-state index contributed by atoms with van der Waals surface area (Å²) in [6.07, 6.45) is 5.73. The Morgan fingerprint density at radius 2 is 1.94 bits per heavy atom. The van der Waals surface area contributed by atoms with Crippen LogP contribution >= 0.6 is 43.2 Å². The van der Waals surface area contributed by atoms with Gasteiger partial charge in [0.15, 0.2) is 0 Å². The summed E-state index contributed by atoms with van der Waals surface area (Å²) in [7, 11) is 0. The Morgan fingerprint density at radius 3 is 2.44 bits per heavy atom. The number of rotatable bonds is 2. The van der Waals surface area contributed by atoms with Crippen LogP contribution in [0.1, 0.15) is 50.7 Å². The van der Waals surface area contributed by atoms with Gasteiger partial charge in [0.2, 0.25) is 0 Å². The van der Waals surface area contributed by atoms with Gasteiger partial charge in [-0.2, -0.15) is 0 Å². The molecule has 1 saturated carbocycles. The van der Waals surface area contributed by atoms with Crippen molar-refractivity contribution < 1.29 is 5.11 Å². The third kappa shape index (κ3) is 2.55. The first-order valence-electron chi connectivity index (χ1n) is 5.66. The molecule has 1 nitrogen and oxygen atoms in total. The average molecular weight is 368 g/mol. The first-order valence-corrected chi connectivity index (χ1v) is 8.06. The lowest BCUT2D eigenvalue weighted by Gasteiger charge is -2.38. The van der Waals surface area contributed by atoms with Gasteiger partial charge in [0.05, 0.1) is 13.7 Å². The van der Waals surface area contributed by atoms with E-state index in [2.05, 4.69) is 38.8 Å². The van der Waals surface area contributed by atoms with E-state index in [9.17, 15) is 5.11 Å². The quantitative estimate of drug-likeness (QED) is 0.754. The topological polar surface area (TPSA) is 20.2 Å². The molecule has 0 spiro atoms. The predicted molar refractivity (Wildman–Crippen MR) is 75.9 cm³/mol. The van der Waals surface area contributed by atoms with Crippen LogP contribution in [-0.2, 0) is 0 Å². The summed E-state index contributed by atoms with van der Waals surface area (Å²) >= 11 is 8.64. The fourth-order valence-corrected chi connectivity index (χ4v) is 5.43. The average Bonchev–Trinajstić information content (AvgIpc) is 2.58. The van der Waals surface area contributed by atoms with Gasteiger partial charge in [0.25, 0.3) is 0 Å². The number of thiophene rings is 1. The van der Waals surface area contributed by atoms with Crippen LogP contribution < -0.4 is 0 Å². The van der Waals surface area contributed by atoms with Crippen molar-refractivity contribution in [2.75, 3.05) is 0 Å². The Kier molecular flexibility index (Phi) is 4.15. The SMILES string of the molecule is CC1(C(O)c2cc(Br)sc2Br)CCCCC1. The highest BCUT2D eigenvalue weighted by molar-refractivity contribution is 9.12. The molecule has 1 aliphatic carbocycles. The second-order valence-corrected chi connectivity index (χ2v) is 8.65. The second-order valence-electron chi connectivity index (χ2n) is 4.90. The fraction of sp³-hybridized carbons (Fsp3) is 0.667. The van der Waals surface area contributed by atoms with Crippen molar-refractivity contribution in [1.82, 2.24) is 0 Å². The van der Waals surface area contributed by atoms with Crippen LogP contribution in [0.3, 0.4) is 0 Å².